The summed E-state index contributed by atoms with van der Waals surface area (Å²) in [5.41, 5.74) is 12.8. The quantitative estimate of drug-likeness (QED) is 0.0248. The molecule has 2 heterocycles. The number of aliphatic hydroxyl groups excluding tert-OH is 2. The molecule has 0 unspecified atom stereocenters. The monoisotopic (exact) mass is 1100 g/mol. The Morgan fingerprint density at radius 3 is 1.62 bits per heavy atom. The number of aromatic nitrogens is 2. The van der Waals surface area contributed by atoms with Crippen LogP contribution in [0, 0.1) is 0 Å². The zero-order chi connectivity index (χ0) is 57.8. The van der Waals surface area contributed by atoms with Crippen molar-refractivity contribution in [2.24, 2.45) is 11.5 Å². The van der Waals surface area contributed by atoms with E-state index in [2.05, 4.69) is 47.2 Å². The van der Waals surface area contributed by atoms with Gasteiger partial charge in [0.15, 0.2) is 0 Å². The number of rotatable bonds is 29. The highest BCUT2D eigenvalue weighted by molar-refractivity contribution is 5.98. The van der Waals surface area contributed by atoms with E-state index in [9.17, 15) is 73.5 Å². The lowest BCUT2D eigenvalue weighted by molar-refractivity contribution is -0.142. The number of carboxylic acids is 1. The molecule has 0 radical (unpaired) electrons. The van der Waals surface area contributed by atoms with Crippen molar-refractivity contribution in [3.05, 3.63) is 114 Å². The van der Waals surface area contributed by atoms with Crippen molar-refractivity contribution in [2.75, 3.05) is 19.8 Å². The molecule has 27 heteroatoms. The Labute approximate surface area is 452 Å². The number of H-pyrrole nitrogens is 1. The van der Waals surface area contributed by atoms with Crippen LogP contribution >= 0.6 is 0 Å². The van der Waals surface area contributed by atoms with Crippen molar-refractivity contribution in [3.8, 4) is 11.5 Å². The van der Waals surface area contributed by atoms with Gasteiger partial charge in [-0.1, -0.05) is 54.6 Å². The van der Waals surface area contributed by atoms with Gasteiger partial charge in [0, 0.05) is 50.5 Å². The molecular formula is C52H66N12O15. The van der Waals surface area contributed by atoms with E-state index >= 15 is 0 Å². The maximum absolute atomic E-state index is 14.4. The summed E-state index contributed by atoms with van der Waals surface area (Å²) in [5.74, 6) is -9.86. The number of aromatic amines is 1. The number of aromatic hydroxyl groups is 2. The van der Waals surface area contributed by atoms with Crippen molar-refractivity contribution in [2.45, 2.75) is 113 Å². The number of primary amides is 1. The van der Waals surface area contributed by atoms with Gasteiger partial charge in [0.25, 0.3) is 0 Å². The lowest BCUT2D eigenvalue weighted by Gasteiger charge is -2.28. The van der Waals surface area contributed by atoms with Gasteiger partial charge in [0.2, 0.25) is 53.2 Å². The molecule has 27 nitrogen and oxygen atoms in total. The Hall–Kier alpha value is -8.95. The molecule has 0 aliphatic carbocycles. The number of aliphatic carboxylic acids is 1. The minimum absolute atomic E-state index is 0.113. The molecule has 17 N–H and O–H groups in total. The van der Waals surface area contributed by atoms with E-state index in [0.717, 1.165) is 4.90 Å². The number of aliphatic hydroxyl groups is 2. The Kier molecular flexibility index (Phi) is 22.8. The van der Waals surface area contributed by atoms with E-state index in [1.807, 2.05) is 0 Å². The van der Waals surface area contributed by atoms with Crippen molar-refractivity contribution < 1.29 is 73.5 Å². The van der Waals surface area contributed by atoms with Gasteiger partial charge in [0.05, 0.1) is 19.5 Å². The number of hydrogen-bond donors (Lipinski definition) is 15. The summed E-state index contributed by atoms with van der Waals surface area (Å²) in [7, 11) is 0. The number of benzene rings is 3. The molecule has 5 rings (SSSR count). The molecule has 424 valence electrons. The highest BCUT2D eigenvalue weighted by atomic mass is 16.4. The van der Waals surface area contributed by atoms with Crippen LogP contribution in [0.5, 0.6) is 11.5 Å². The van der Waals surface area contributed by atoms with Crippen LogP contribution in [-0.4, -0.2) is 174 Å². The number of nitrogens with two attached hydrogens (primary N) is 2. The molecule has 9 atom stereocenters. The maximum atomic E-state index is 14.4. The number of carbonyl (C=O) groups excluding carboxylic acids is 9. The van der Waals surface area contributed by atoms with Crippen molar-refractivity contribution >= 4 is 59.1 Å². The summed E-state index contributed by atoms with van der Waals surface area (Å²) in [6.07, 6.45) is 1.51. The average Bonchev–Trinajstić information content (AvgIpc) is 4.16. The van der Waals surface area contributed by atoms with Crippen molar-refractivity contribution in [3.63, 3.8) is 0 Å². The predicted octanol–water partition coefficient (Wildman–Crippen LogP) is -3.84. The number of phenols is 2. The van der Waals surface area contributed by atoms with Crippen LogP contribution < -0.4 is 48.7 Å². The summed E-state index contributed by atoms with van der Waals surface area (Å²) in [6.45, 7) is -0.227. The Morgan fingerprint density at radius 2 is 1.10 bits per heavy atom. The molecule has 1 saturated heterocycles. The molecule has 4 aromatic rings. The summed E-state index contributed by atoms with van der Waals surface area (Å²) in [5, 5.41) is 67.0. The van der Waals surface area contributed by atoms with Gasteiger partial charge < -0.3 is 84.1 Å². The third kappa shape index (κ3) is 18.6. The number of nitrogens with one attached hydrogen (secondary N) is 8. The molecule has 1 aromatic heterocycles. The number of amides is 9. The first kappa shape index (κ1) is 60.9. The van der Waals surface area contributed by atoms with Crippen LogP contribution in [0.2, 0.25) is 0 Å². The highest BCUT2D eigenvalue weighted by Gasteiger charge is 2.39. The van der Waals surface area contributed by atoms with Crippen molar-refractivity contribution in [1.82, 2.24) is 52.1 Å². The Bertz CT molecular complexity index is 2750. The van der Waals surface area contributed by atoms with Crippen LogP contribution in [0.15, 0.2) is 91.4 Å². The first-order chi connectivity index (χ1) is 37.6. The second-order valence-corrected chi connectivity index (χ2v) is 18.8. The summed E-state index contributed by atoms with van der Waals surface area (Å²) in [4.78, 5) is 143. The second-order valence-electron chi connectivity index (χ2n) is 18.8. The zero-order valence-corrected chi connectivity index (χ0v) is 43.0. The fourth-order valence-corrected chi connectivity index (χ4v) is 8.41. The fourth-order valence-electron chi connectivity index (χ4n) is 8.41. The molecule has 0 bridgehead atoms. The number of hydrogen-bond acceptors (Lipinski definition) is 16. The van der Waals surface area contributed by atoms with E-state index in [1.54, 1.807) is 30.3 Å². The van der Waals surface area contributed by atoms with Crippen LogP contribution in [0.3, 0.4) is 0 Å². The third-order valence-electron chi connectivity index (χ3n) is 12.8. The summed E-state index contributed by atoms with van der Waals surface area (Å²) >= 11 is 0. The van der Waals surface area contributed by atoms with Crippen molar-refractivity contribution in [1.29, 1.82) is 0 Å². The number of phenolic OH excluding ortho intramolecular Hbond substituents is 2. The molecule has 9 amide bonds. The summed E-state index contributed by atoms with van der Waals surface area (Å²) < 4.78 is 0. The molecule has 1 aliphatic heterocycles. The smallest absolute Gasteiger partial charge is 0.326 e. The minimum Gasteiger partial charge on any atom is -0.508 e. The van der Waals surface area contributed by atoms with E-state index in [-0.39, 0.29) is 56.6 Å². The van der Waals surface area contributed by atoms with Gasteiger partial charge in [-0.3, -0.25) is 43.2 Å². The average molecular weight is 1100 g/mol. The van der Waals surface area contributed by atoms with Crippen LogP contribution in [0.25, 0.3) is 0 Å². The second kappa shape index (κ2) is 29.5. The molecule has 3 aromatic carbocycles. The number of carboxylic acid groups (broad SMARTS) is 1. The van der Waals surface area contributed by atoms with Gasteiger partial charge in [-0.2, -0.15) is 0 Å². The van der Waals surface area contributed by atoms with E-state index < -0.39 is 133 Å². The van der Waals surface area contributed by atoms with Gasteiger partial charge in [-0.15, -0.1) is 0 Å². The maximum Gasteiger partial charge on any atom is 0.326 e. The molecular weight excluding hydrogens is 1030 g/mol. The highest BCUT2D eigenvalue weighted by Crippen LogP contribution is 2.19. The lowest BCUT2D eigenvalue weighted by atomic mass is 10.0. The molecule has 1 fully saturated rings. The molecule has 0 saturated carbocycles. The van der Waals surface area contributed by atoms with E-state index in [0.29, 0.717) is 28.8 Å². The fraction of sp³-hybridized carbons (Fsp3) is 0.404. The Balaban J connectivity index is 1.35. The topological polar surface area (TPSA) is 440 Å². The van der Waals surface area contributed by atoms with Gasteiger partial charge in [0.1, 0.15) is 65.9 Å². The largest absolute Gasteiger partial charge is 0.508 e. The SMILES string of the molecule is C[C@H](NC(=O)[C@H](Cc1ccc(O)cc1)NC(=O)[C@H](CO)NC(=O)[C@@H]1CCCN1C(=O)[C@@H](N)CO)C(=O)N[C@@H](Cc1ccc(O)cc1)C(=O)N[C@@H](Cc1cnc[nH]1)C(=O)N[C@@H](CCC(N)=O)C(=O)N[C@@H](Cc1ccccc1)C(=O)O. The predicted molar refractivity (Wildman–Crippen MR) is 278 cm³/mol. The summed E-state index contributed by atoms with van der Waals surface area (Å²) in [6, 6.07) is 6.39. The van der Waals surface area contributed by atoms with Gasteiger partial charge in [-0.25, -0.2) is 9.78 Å². The number of imidazole rings is 1. The van der Waals surface area contributed by atoms with E-state index in [1.165, 1.54) is 68.0 Å². The minimum atomic E-state index is -1.65. The first-order valence-corrected chi connectivity index (χ1v) is 25.1. The van der Waals surface area contributed by atoms with Crippen LogP contribution in [0.4, 0.5) is 0 Å². The zero-order valence-electron chi connectivity index (χ0n) is 43.0. The Morgan fingerprint density at radius 1 is 0.620 bits per heavy atom. The van der Waals surface area contributed by atoms with Gasteiger partial charge >= 0.3 is 5.97 Å². The molecule has 1 aliphatic rings. The van der Waals surface area contributed by atoms with Gasteiger partial charge in [-0.05, 0) is 67.1 Å². The molecule has 79 heavy (non-hydrogen) atoms. The normalized spacial score (nSPS) is 16.0. The third-order valence-corrected chi connectivity index (χ3v) is 12.8. The standard InChI is InChI=1S/C52H66N12O15/c1-28(57-46(72)37(20-30-9-13-33(67)14-10-30)60-49(75)41(26-66)63-50(76)42-8-5-19-64(42)51(77)35(53)25-65)44(70)59-38(21-31-11-15-34(68)16-12-31)47(73)61-39(23-32-24-55-27-56-32)48(74)58-36(17-18-43(54)69)45(71)62-40(52(78)79)22-29-6-3-2-4-7-29/h2-4,6-7,9-16,24,27-28,35-42,65-68H,5,8,17-23,25-26,53H2,1H3,(H2,54,69)(H,55,56)(H,57,72)(H,58,74)(H,59,70)(H,60,75)(H,61,73)(H,62,71)(H,63,76)(H,78,79)/t28-,35-,36-,37-,38-,39-,40-,41-,42-/m0/s1. The first-order valence-electron chi connectivity index (χ1n) is 25.1. The van der Waals surface area contributed by atoms with Crippen LogP contribution in [0.1, 0.15) is 55.0 Å². The number of carbonyl (C=O) groups is 10. The van der Waals surface area contributed by atoms with E-state index in [4.69, 9.17) is 11.5 Å². The lowest BCUT2D eigenvalue weighted by Crippen LogP contribution is -2.61. The molecule has 0 spiro atoms. The number of likely N-dealkylation sites (tertiary alicyclic amines) is 1. The number of nitrogens with zero attached hydrogens (tertiary/aromatic N) is 2. The van der Waals surface area contributed by atoms with Crippen LogP contribution in [-0.2, 0) is 73.6 Å².